The first-order valence-electron chi connectivity index (χ1n) is 6.40. The molecule has 1 aliphatic rings. The van der Waals surface area contributed by atoms with Crippen molar-refractivity contribution in [1.82, 2.24) is 9.88 Å². The number of nitrogens with zero attached hydrogens (tertiary/aromatic N) is 1. The Balaban J connectivity index is 1.88. The highest BCUT2D eigenvalue weighted by atomic mass is 19.4. The molecule has 1 aliphatic carbocycles. The van der Waals surface area contributed by atoms with Crippen LogP contribution in [0.25, 0.3) is 10.9 Å². The van der Waals surface area contributed by atoms with E-state index in [0.29, 0.717) is 11.6 Å². The van der Waals surface area contributed by atoms with Gasteiger partial charge in [0.25, 0.3) is 0 Å². The quantitative estimate of drug-likeness (QED) is 0.898. The average molecular weight is 268 g/mol. The lowest BCUT2D eigenvalue weighted by Gasteiger charge is -2.10. The molecule has 5 heteroatoms. The van der Waals surface area contributed by atoms with Gasteiger partial charge in [0.15, 0.2) is 0 Å². The summed E-state index contributed by atoms with van der Waals surface area (Å²) >= 11 is 0. The highest BCUT2D eigenvalue weighted by Gasteiger charge is 2.28. The number of hydrogen-bond donors (Lipinski definition) is 1. The number of alkyl halides is 3. The van der Waals surface area contributed by atoms with Gasteiger partial charge in [-0.3, -0.25) is 0 Å². The van der Waals surface area contributed by atoms with Gasteiger partial charge in [-0.05, 0) is 30.5 Å². The van der Waals surface area contributed by atoms with Crippen LogP contribution in [0.3, 0.4) is 0 Å². The third-order valence-electron chi connectivity index (χ3n) is 3.41. The second kappa shape index (κ2) is 4.56. The van der Waals surface area contributed by atoms with Crippen molar-refractivity contribution in [1.29, 1.82) is 0 Å². The van der Waals surface area contributed by atoms with Gasteiger partial charge in [0.2, 0.25) is 0 Å². The van der Waals surface area contributed by atoms with Crippen LogP contribution in [-0.4, -0.2) is 16.8 Å². The fourth-order valence-corrected chi connectivity index (χ4v) is 2.31. The van der Waals surface area contributed by atoms with E-state index in [1.807, 2.05) is 12.1 Å². The number of fused-ring (bicyclic) bond motifs is 1. The summed E-state index contributed by atoms with van der Waals surface area (Å²) in [5, 5.41) is 4.29. The van der Waals surface area contributed by atoms with Crippen LogP contribution in [0.1, 0.15) is 18.4 Å². The van der Waals surface area contributed by atoms with Crippen LogP contribution in [-0.2, 0) is 13.1 Å². The summed E-state index contributed by atoms with van der Waals surface area (Å²) < 4.78 is 38.7. The molecule has 0 radical (unpaired) electrons. The van der Waals surface area contributed by atoms with Crippen molar-refractivity contribution >= 4 is 10.9 Å². The van der Waals surface area contributed by atoms with E-state index in [1.165, 1.54) is 23.6 Å². The highest BCUT2D eigenvalue weighted by molar-refractivity contribution is 5.83. The van der Waals surface area contributed by atoms with Gasteiger partial charge in [-0.1, -0.05) is 12.1 Å². The van der Waals surface area contributed by atoms with Crippen molar-refractivity contribution in [2.45, 2.75) is 38.1 Å². The molecule has 1 saturated carbocycles. The second-order valence-corrected chi connectivity index (χ2v) is 5.06. The summed E-state index contributed by atoms with van der Waals surface area (Å²) in [6.07, 6.45) is -0.275. The standard InChI is InChI=1S/C14H15F3N2/c15-14(16,17)9-19-7-6-12-10(2-1-3-13(12)19)8-18-11-4-5-11/h1-3,6-7,11,18H,4-5,8-9H2. The molecule has 0 aliphatic heterocycles. The van der Waals surface area contributed by atoms with E-state index in [2.05, 4.69) is 5.32 Å². The molecule has 0 bridgehead atoms. The van der Waals surface area contributed by atoms with E-state index in [1.54, 1.807) is 12.1 Å². The van der Waals surface area contributed by atoms with E-state index >= 15 is 0 Å². The van der Waals surface area contributed by atoms with Crippen molar-refractivity contribution in [2.75, 3.05) is 0 Å². The third-order valence-corrected chi connectivity index (χ3v) is 3.41. The summed E-state index contributed by atoms with van der Waals surface area (Å²) in [7, 11) is 0. The molecule has 2 aromatic rings. The van der Waals surface area contributed by atoms with Gasteiger partial charge >= 0.3 is 6.18 Å². The number of benzene rings is 1. The van der Waals surface area contributed by atoms with Gasteiger partial charge < -0.3 is 9.88 Å². The molecule has 2 nitrogen and oxygen atoms in total. The van der Waals surface area contributed by atoms with Gasteiger partial charge in [0.05, 0.1) is 0 Å². The summed E-state index contributed by atoms with van der Waals surface area (Å²) in [5.74, 6) is 0. The minimum Gasteiger partial charge on any atom is -0.338 e. The van der Waals surface area contributed by atoms with E-state index in [-0.39, 0.29) is 0 Å². The summed E-state index contributed by atoms with van der Waals surface area (Å²) in [6.45, 7) is -0.214. The molecule has 1 aromatic heterocycles. The summed E-state index contributed by atoms with van der Waals surface area (Å²) in [5.41, 5.74) is 1.71. The lowest BCUT2D eigenvalue weighted by molar-refractivity contribution is -0.139. The first-order valence-corrected chi connectivity index (χ1v) is 6.40. The number of nitrogens with one attached hydrogen (secondary N) is 1. The van der Waals surface area contributed by atoms with Crippen molar-refractivity contribution in [3.63, 3.8) is 0 Å². The molecule has 19 heavy (non-hydrogen) atoms. The largest absolute Gasteiger partial charge is 0.406 e. The molecular formula is C14H15F3N2. The molecule has 0 unspecified atom stereocenters. The smallest absolute Gasteiger partial charge is 0.338 e. The van der Waals surface area contributed by atoms with Crippen LogP contribution in [0, 0.1) is 0 Å². The first-order chi connectivity index (χ1) is 9.03. The van der Waals surface area contributed by atoms with Crippen LogP contribution in [0.2, 0.25) is 0 Å². The number of hydrogen-bond acceptors (Lipinski definition) is 1. The highest BCUT2D eigenvalue weighted by Crippen LogP contribution is 2.26. The Morgan fingerprint density at radius 1 is 1.21 bits per heavy atom. The van der Waals surface area contributed by atoms with Crippen molar-refractivity contribution in [3.05, 3.63) is 36.0 Å². The van der Waals surface area contributed by atoms with Gasteiger partial charge in [0, 0.05) is 29.7 Å². The molecule has 1 fully saturated rings. The monoisotopic (exact) mass is 268 g/mol. The average Bonchev–Trinajstić information content (AvgIpc) is 3.08. The van der Waals surface area contributed by atoms with Gasteiger partial charge in [-0.15, -0.1) is 0 Å². The molecule has 0 atom stereocenters. The van der Waals surface area contributed by atoms with E-state index < -0.39 is 12.7 Å². The SMILES string of the molecule is FC(F)(F)Cn1ccc2c(CNC3CC3)cccc21. The lowest BCUT2D eigenvalue weighted by Crippen LogP contribution is -2.17. The van der Waals surface area contributed by atoms with Crippen LogP contribution >= 0.6 is 0 Å². The first kappa shape index (κ1) is 12.5. The van der Waals surface area contributed by atoms with Crippen LogP contribution in [0.15, 0.2) is 30.5 Å². The Morgan fingerprint density at radius 2 is 2.00 bits per heavy atom. The molecule has 1 heterocycles. The van der Waals surface area contributed by atoms with E-state index in [9.17, 15) is 13.2 Å². The summed E-state index contributed by atoms with van der Waals surface area (Å²) in [4.78, 5) is 0. The zero-order valence-corrected chi connectivity index (χ0v) is 10.4. The molecule has 0 spiro atoms. The topological polar surface area (TPSA) is 17.0 Å². The predicted molar refractivity (Wildman–Crippen MR) is 67.9 cm³/mol. The van der Waals surface area contributed by atoms with Crippen molar-refractivity contribution < 1.29 is 13.2 Å². The molecule has 102 valence electrons. The normalized spacial score (nSPS) is 16.2. The maximum absolute atomic E-state index is 12.5. The van der Waals surface area contributed by atoms with Gasteiger partial charge in [0.1, 0.15) is 6.54 Å². The Bertz CT molecular complexity index is 582. The molecular weight excluding hydrogens is 253 g/mol. The predicted octanol–water partition coefficient (Wildman–Crippen LogP) is 3.46. The zero-order valence-electron chi connectivity index (χ0n) is 10.4. The maximum Gasteiger partial charge on any atom is 0.406 e. The molecule has 3 rings (SSSR count). The zero-order chi connectivity index (χ0) is 13.5. The Kier molecular flexibility index (Phi) is 3.01. The minimum atomic E-state index is -4.19. The van der Waals surface area contributed by atoms with Crippen LogP contribution in [0.5, 0.6) is 0 Å². The number of halogens is 3. The van der Waals surface area contributed by atoms with Crippen LogP contribution in [0.4, 0.5) is 13.2 Å². The number of aromatic nitrogens is 1. The number of rotatable bonds is 4. The molecule has 1 aromatic carbocycles. The van der Waals surface area contributed by atoms with Crippen molar-refractivity contribution in [2.24, 2.45) is 0 Å². The van der Waals surface area contributed by atoms with Crippen molar-refractivity contribution in [3.8, 4) is 0 Å². The van der Waals surface area contributed by atoms with E-state index in [4.69, 9.17) is 0 Å². The Morgan fingerprint density at radius 3 is 2.68 bits per heavy atom. The fourth-order valence-electron chi connectivity index (χ4n) is 2.31. The third kappa shape index (κ3) is 2.92. The maximum atomic E-state index is 12.5. The molecule has 1 N–H and O–H groups in total. The summed E-state index contributed by atoms with van der Waals surface area (Å²) in [6, 6.07) is 7.88. The lowest BCUT2D eigenvalue weighted by atomic mass is 10.1. The van der Waals surface area contributed by atoms with E-state index in [0.717, 1.165) is 17.5 Å². The molecule has 0 saturated heterocycles. The minimum absolute atomic E-state index is 0.590. The fraction of sp³-hybridized carbons (Fsp3) is 0.429. The van der Waals surface area contributed by atoms with Gasteiger partial charge in [-0.2, -0.15) is 13.2 Å². The molecule has 0 amide bonds. The van der Waals surface area contributed by atoms with Gasteiger partial charge in [-0.25, -0.2) is 0 Å². The Labute approximate surface area is 109 Å². The Hall–Kier alpha value is -1.49. The van der Waals surface area contributed by atoms with Crippen LogP contribution < -0.4 is 5.32 Å². The second-order valence-electron chi connectivity index (χ2n) is 5.06.